The Balaban J connectivity index is 1.51. The van der Waals surface area contributed by atoms with Gasteiger partial charge in [0.15, 0.2) is 5.11 Å². The van der Waals surface area contributed by atoms with Crippen LogP contribution in [0.2, 0.25) is 0 Å². The SMILES string of the molecule is Cc1cccc(C(=O)NC2CCN(C(=S)Nc3cc(C)ccc3C)CC2)c1. The standard InChI is InChI=1S/C22H27N3OS/c1-15-5-4-6-18(13-15)21(26)23-19-9-11-25(12-10-19)22(27)24-20-14-16(2)7-8-17(20)3/h4-8,13-14,19H,9-12H2,1-3H3,(H,23,26)(H,24,27). The molecule has 2 aromatic rings. The molecule has 27 heavy (non-hydrogen) atoms. The maximum atomic E-state index is 12.4. The van der Waals surface area contributed by atoms with E-state index in [4.69, 9.17) is 12.2 Å². The fraction of sp³-hybridized carbons (Fsp3) is 0.364. The minimum Gasteiger partial charge on any atom is -0.349 e. The van der Waals surface area contributed by atoms with Gasteiger partial charge in [0, 0.05) is 30.4 Å². The lowest BCUT2D eigenvalue weighted by molar-refractivity contribution is 0.0922. The minimum atomic E-state index is 0.00763. The zero-order chi connectivity index (χ0) is 19.4. The molecule has 2 aromatic carbocycles. The maximum absolute atomic E-state index is 12.4. The Morgan fingerprint density at radius 3 is 2.44 bits per heavy atom. The summed E-state index contributed by atoms with van der Waals surface area (Å²) in [7, 11) is 0. The van der Waals surface area contributed by atoms with Gasteiger partial charge in [-0.2, -0.15) is 0 Å². The number of carbonyl (C=O) groups is 1. The number of benzene rings is 2. The first-order valence-electron chi connectivity index (χ1n) is 9.43. The minimum absolute atomic E-state index is 0.00763. The highest BCUT2D eigenvalue weighted by atomic mass is 32.1. The number of hydrogen-bond donors (Lipinski definition) is 2. The highest BCUT2D eigenvalue weighted by Gasteiger charge is 2.23. The zero-order valence-electron chi connectivity index (χ0n) is 16.2. The van der Waals surface area contributed by atoms with Crippen molar-refractivity contribution in [3.05, 3.63) is 64.7 Å². The lowest BCUT2D eigenvalue weighted by Gasteiger charge is -2.34. The van der Waals surface area contributed by atoms with Crippen LogP contribution in [0.5, 0.6) is 0 Å². The molecule has 1 amide bonds. The van der Waals surface area contributed by atoms with E-state index in [1.807, 2.05) is 31.2 Å². The molecule has 0 radical (unpaired) electrons. The average Bonchev–Trinajstić information content (AvgIpc) is 2.65. The van der Waals surface area contributed by atoms with Crippen molar-refractivity contribution in [3.63, 3.8) is 0 Å². The van der Waals surface area contributed by atoms with Crippen LogP contribution in [0.15, 0.2) is 42.5 Å². The van der Waals surface area contributed by atoms with E-state index in [-0.39, 0.29) is 11.9 Å². The van der Waals surface area contributed by atoms with E-state index in [9.17, 15) is 4.79 Å². The molecule has 0 atom stereocenters. The third-order valence-electron chi connectivity index (χ3n) is 5.03. The summed E-state index contributed by atoms with van der Waals surface area (Å²) < 4.78 is 0. The fourth-order valence-electron chi connectivity index (χ4n) is 3.35. The normalized spacial score (nSPS) is 14.7. The van der Waals surface area contributed by atoms with E-state index in [1.54, 1.807) is 0 Å². The van der Waals surface area contributed by atoms with Gasteiger partial charge in [-0.25, -0.2) is 0 Å². The molecular weight excluding hydrogens is 354 g/mol. The molecule has 142 valence electrons. The number of piperidine rings is 1. The molecule has 1 fully saturated rings. The molecular formula is C22H27N3OS. The molecule has 1 heterocycles. The van der Waals surface area contributed by atoms with Crippen molar-refractivity contribution in [2.24, 2.45) is 0 Å². The van der Waals surface area contributed by atoms with Gasteiger partial charge in [0.2, 0.25) is 0 Å². The number of carbonyl (C=O) groups excluding carboxylic acids is 1. The van der Waals surface area contributed by atoms with Crippen LogP contribution < -0.4 is 10.6 Å². The highest BCUT2D eigenvalue weighted by molar-refractivity contribution is 7.80. The molecule has 4 nitrogen and oxygen atoms in total. The van der Waals surface area contributed by atoms with Gasteiger partial charge in [0.25, 0.3) is 5.91 Å². The topological polar surface area (TPSA) is 44.4 Å². The average molecular weight is 382 g/mol. The lowest BCUT2D eigenvalue weighted by Crippen LogP contribution is -2.47. The Hall–Kier alpha value is -2.40. The van der Waals surface area contributed by atoms with E-state index >= 15 is 0 Å². The molecule has 0 saturated carbocycles. The monoisotopic (exact) mass is 381 g/mol. The number of nitrogens with one attached hydrogen (secondary N) is 2. The van der Waals surface area contributed by atoms with Gasteiger partial charge >= 0.3 is 0 Å². The van der Waals surface area contributed by atoms with Crippen LogP contribution in [0.3, 0.4) is 0 Å². The summed E-state index contributed by atoms with van der Waals surface area (Å²) in [5, 5.41) is 7.29. The second-order valence-corrected chi connectivity index (χ2v) is 7.74. The van der Waals surface area contributed by atoms with Crippen LogP contribution in [-0.2, 0) is 0 Å². The van der Waals surface area contributed by atoms with Crippen LogP contribution in [0.4, 0.5) is 5.69 Å². The number of amides is 1. The van der Waals surface area contributed by atoms with Gasteiger partial charge in [0.05, 0.1) is 0 Å². The zero-order valence-corrected chi connectivity index (χ0v) is 17.0. The third-order valence-corrected chi connectivity index (χ3v) is 5.39. The predicted octanol–water partition coefficient (Wildman–Crippen LogP) is 4.20. The second kappa shape index (κ2) is 8.53. The highest BCUT2D eigenvalue weighted by Crippen LogP contribution is 2.19. The van der Waals surface area contributed by atoms with Gasteiger partial charge in [-0.15, -0.1) is 0 Å². The number of anilines is 1. The van der Waals surface area contributed by atoms with Crippen LogP contribution in [0.1, 0.15) is 39.9 Å². The molecule has 0 bridgehead atoms. The lowest BCUT2D eigenvalue weighted by atomic mass is 10.0. The number of nitrogens with zero attached hydrogens (tertiary/aromatic N) is 1. The van der Waals surface area contributed by atoms with Crippen molar-refractivity contribution >= 4 is 28.9 Å². The summed E-state index contributed by atoms with van der Waals surface area (Å²) in [6, 6.07) is 14.2. The quantitative estimate of drug-likeness (QED) is 0.782. The summed E-state index contributed by atoms with van der Waals surface area (Å²) in [6.45, 7) is 7.84. The Morgan fingerprint density at radius 2 is 1.74 bits per heavy atom. The molecule has 1 aliphatic rings. The van der Waals surface area contributed by atoms with Crippen LogP contribution >= 0.6 is 12.2 Å². The number of rotatable bonds is 3. The first-order chi connectivity index (χ1) is 12.9. The Morgan fingerprint density at radius 1 is 1.04 bits per heavy atom. The number of likely N-dealkylation sites (tertiary alicyclic amines) is 1. The van der Waals surface area contributed by atoms with E-state index in [1.165, 1.54) is 11.1 Å². The Kier molecular flexibility index (Phi) is 6.11. The van der Waals surface area contributed by atoms with Gasteiger partial charge in [-0.05, 0) is 75.2 Å². The molecule has 0 spiro atoms. The molecule has 3 rings (SSSR count). The predicted molar refractivity (Wildman–Crippen MR) is 115 cm³/mol. The van der Waals surface area contributed by atoms with Crippen molar-refractivity contribution in [2.75, 3.05) is 18.4 Å². The van der Waals surface area contributed by atoms with E-state index < -0.39 is 0 Å². The fourth-order valence-corrected chi connectivity index (χ4v) is 3.64. The molecule has 1 aliphatic heterocycles. The molecule has 0 unspecified atom stereocenters. The first kappa shape index (κ1) is 19.4. The van der Waals surface area contributed by atoms with E-state index in [0.717, 1.165) is 47.9 Å². The first-order valence-corrected chi connectivity index (χ1v) is 9.84. The number of hydrogen-bond acceptors (Lipinski definition) is 2. The van der Waals surface area contributed by atoms with Gasteiger partial charge < -0.3 is 15.5 Å². The van der Waals surface area contributed by atoms with Crippen molar-refractivity contribution < 1.29 is 4.79 Å². The van der Waals surface area contributed by atoms with Crippen molar-refractivity contribution in [2.45, 2.75) is 39.7 Å². The van der Waals surface area contributed by atoms with E-state index in [0.29, 0.717) is 0 Å². The van der Waals surface area contributed by atoms with Crippen molar-refractivity contribution in [3.8, 4) is 0 Å². The molecule has 2 N–H and O–H groups in total. The Bertz CT molecular complexity index is 841. The van der Waals surface area contributed by atoms with Crippen molar-refractivity contribution in [1.29, 1.82) is 0 Å². The van der Waals surface area contributed by atoms with Crippen LogP contribution in [0, 0.1) is 20.8 Å². The van der Waals surface area contributed by atoms with Crippen molar-refractivity contribution in [1.82, 2.24) is 10.2 Å². The summed E-state index contributed by atoms with van der Waals surface area (Å²) in [6.07, 6.45) is 1.79. The van der Waals surface area contributed by atoms with Crippen LogP contribution in [0.25, 0.3) is 0 Å². The molecule has 0 aromatic heterocycles. The summed E-state index contributed by atoms with van der Waals surface area (Å²) in [5.41, 5.74) is 5.28. The summed E-state index contributed by atoms with van der Waals surface area (Å²) in [5.74, 6) is 0.00763. The van der Waals surface area contributed by atoms with Gasteiger partial charge in [-0.1, -0.05) is 29.8 Å². The molecule has 5 heteroatoms. The van der Waals surface area contributed by atoms with Crippen LogP contribution in [-0.4, -0.2) is 35.1 Å². The summed E-state index contributed by atoms with van der Waals surface area (Å²) in [4.78, 5) is 14.6. The largest absolute Gasteiger partial charge is 0.349 e. The van der Waals surface area contributed by atoms with Gasteiger partial charge in [0.1, 0.15) is 0 Å². The number of aryl methyl sites for hydroxylation is 3. The molecule has 1 saturated heterocycles. The smallest absolute Gasteiger partial charge is 0.251 e. The maximum Gasteiger partial charge on any atom is 0.251 e. The molecule has 0 aliphatic carbocycles. The Labute approximate surface area is 167 Å². The second-order valence-electron chi connectivity index (χ2n) is 7.35. The third kappa shape index (κ3) is 5.07. The summed E-state index contributed by atoms with van der Waals surface area (Å²) >= 11 is 5.60. The van der Waals surface area contributed by atoms with Gasteiger partial charge in [-0.3, -0.25) is 4.79 Å². The number of thiocarbonyl (C=S) groups is 1. The van der Waals surface area contributed by atoms with E-state index in [2.05, 4.69) is 47.6 Å².